The van der Waals surface area contributed by atoms with E-state index in [-0.39, 0.29) is 12.2 Å². The van der Waals surface area contributed by atoms with Crippen LogP contribution >= 0.6 is 0 Å². The van der Waals surface area contributed by atoms with Crippen LogP contribution in [0.2, 0.25) is 0 Å². The summed E-state index contributed by atoms with van der Waals surface area (Å²) in [5.41, 5.74) is 0.646. The molecule has 2 aromatic rings. The molecule has 0 saturated carbocycles. The number of ether oxygens (including phenoxy) is 3. The number of hydrogen-bond donors (Lipinski definition) is 1. The summed E-state index contributed by atoms with van der Waals surface area (Å²) in [4.78, 5) is 27.1. The van der Waals surface area contributed by atoms with Gasteiger partial charge in [0.05, 0.1) is 31.9 Å². The summed E-state index contributed by atoms with van der Waals surface area (Å²) in [5.74, 6) is -1.03. The zero-order valence-electron chi connectivity index (χ0n) is 19.1. The molecule has 1 amide bonds. The average Bonchev–Trinajstić information content (AvgIpc) is 3.15. The molecule has 0 radical (unpaired) electrons. The molecule has 1 N–H and O–H groups in total. The maximum Gasteiger partial charge on any atom is 0.338 e. The minimum Gasteiger partial charge on any atom is -0.466 e. The number of carbonyl (C=O) groups is 2. The molecule has 1 heterocycles. The van der Waals surface area contributed by atoms with Crippen LogP contribution in [0.15, 0.2) is 72.3 Å². The van der Waals surface area contributed by atoms with Crippen LogP contribution in [0, 0.1) is 0 Å². The number of aliphatic hydroxyl groups excluding tert-OH is 1. The lowest BCUT2D eigenvalue weighted by atomic mass is 9.94. The SMILES string of the molecule is COC(=O)C1=CC(=O)N([C@@H](CO)c2ccccc2)C1(CCCCOCc1ccccc1)OC. The highest BCUT2D eigenvalue weighted by molar-refractivity contribution is 6.04. The summed E-state index contributed by atoms with van der Waals surface area (Å²) in [6.45, 7) is 0.736. The molecule has 1 aliphatic heterocycles. The van der Waals surface area contributed by atoms with Gasteiger partial charge in [0.2, 0.25) is 5.91 Å². The Balaban J connectivity index is 1.75. The molecule has 0 aromatic heterocycles. The molecule has 0 aliphatic carbocycles. The van der Waals surface area contributed by atoms with Gasteiger partial charge < -0.3 is 19.3 Å². The number of nitrogens with zero attached hydrogens (tertiary/aromatic N) is 1. The van der Waals surface area contributed by atoms with Crippen molar-refractivity contribution in [3.8, 4) is 0 Å². The third-order valence-corrected chi connectivity index (χ3v) is 5.89. The van der Waals surface area contributed by atoms with E-state index < -0.39 is 23.6 Å². The molecule has 0 fully saturated rings. The Morgan fingerprint density at radius 2 is 1.70 bits per heavy atom. The largest absolute Gasteiger partial charge is 0.466 e. The minimum atomic E-state index is -1.34. The Morgan fingerprint density at radius 1 is 1.03 bits per heavy atom. The van der Waals surface area contributed by atoms with Crippen molar-refractivity contribution in [2.45, 2.75) is 37.6 Å². The monoisotopic (exact) mass is 453 g/mol. The molecule has 2 atom stereocenters. The third kappa shape index (κ3) is 5.50. The van der Waals surface area contributed by atoms with Crippen LogP contribution in [0.1, 0.15) is 36.4 Å². The second-order valence-corrected chi connectivity index (χ2v) is 7.85. The molecule has 0 bridgehead atoms. The molecule has 33 heavy (non-hydrogen) atoms. The molecular formula is C26H31NO6. The first-order valence-electron chi connectivity index (χ1n) is 11.0. The van der Waals surface area contributed by atoms with Gasteiger partial charge in [-0.3, -0.25) is 9.69 Å². The zero-order chi connectivity index (χ0) is 23.7. The van der Waals surface area contributed by atoms with E-state index in [1.165, 1.54) is 25.2 Å². The molecule has 0 spiro atoms. The van der Waals surface area contributed by atoms with Gasteiger partial charge in [-0.1, -0.05) is 60.7 Å². The van der Waals surface area contributed by atoms with Crippen LogP contribution in [-0.2, 0) is 30.4 Å². The van der Waals surface area contributed by atoms with Crippen LogP contribution in [0.4, 0.5) is 0 Å². The van der Waals surface area contributed by atoms with Crippen molar-refractivity contribution in [1.29, 1.82) is 0 Å². The Hall–Kier alpha value is -3.00. The van der Waals surface area contributed by atoms with E-state index in [2.05, 4.69) is 0 Å². The van der Waals surface area contributed by atoms with E-state index in [4.69, 9.17) is 14.2 Å². The molecule has 1 aliphatic rings. The van der Waals surface area contributed by atoms with Gasteiger partial charge in [-0.15, -0.1) is 0 Å². The number of hydrogen-bond acceptors (Lipinski definition) is 6. The fourth-order valence-electron chi connectivity index (χ4n) is 4.26. The van der Waals surface area contributed by atoms with E-state index in [9.17, 15) is 14.7 Å². The maximum absolute atomic E-state index is 13.1. The fourth-order valence-corrected chi connectivity index (χ4v) is 4.26. The maximum atomic E-state index is 13.1. The van der Waals surface area contributed by atoms with Crippen molar-refractivity contribution in [3.63, 3.8) is 0 Å². The first kappa shape index (κ1) is 24.6. The number of aliphatic hydroxyl groups is 1. The van der Waals surface area contributed by atoms with Crippen LogP contribution in [0.25, 0.3) is 0 Å². The van der Waals surface area contributed by atoms with E-state index in [1.807, 2.05) is 60.7 Å². The Labute approximate surface area is 194 Å². The number of unbranched alkanes of at least 4 members (excludes halogenated alkanes) is 1. The lowest BCUT2D eigenvalue weighted by Gasteiger charge is -2.43. The zero-order valence-corrected chi connectivity index (χ0v) is 19.1. The van der Waals surface area contributed by atoms with Crippen LogP contribution in [-0.4, -0.2) is 55.0 Å². The topological polar surface area (TPSA) is 85.3 Å². The number of carbonyl (C=O) groups excluding carboxylic acids is 2. The van der Waals surface area contributed by atoms with E-state index in [0.29, 0.717) is 32.5 Å². The normalized spacial score (nSPS) is 18.8. The van der Waals surface area contributed by atoms with Crippen molar-refractivity contribution < 1.29 is 28.9 Å². The summed E-state index contributed by atoms with van der Waals surface area (Å²) in [7, 11) is 2.74. The van der Waals surface area contributed by atoms with Gasteiger partial charge in [-0.25, -0.2) is 4.79 Å². The smallest absolute Gasteiger partial charge is 0.338 e. The summed E-state index contributed by atoms with van der Waals surface area (Å²) < 4.78 is 16.6. The van der Waals surface area contributed by atoms with E-state index >= 15 is 0 Å². The van der Waals surface area contributed by atoms with Crippen molar-refractivity contribution in [2.75, 3.05) is 27.4 Å². The molecule has 7 heteroatoms. The molecule has 3 rings (SSSR count). The predicted molar refractivity (Wildman–Crippen MR) is 123 cm³/mol. The summed E-state index contributed by atoms with van der Waals surface area (Å²) in [5, 5.41) is 10.2. The van der Waals surface area contributed by atoms with Crippen molar-refractivity contribution >= 4 is 11.9 Å². The molecule has 0 saturated heterocycles. The average molecular weight is 454 g/mol. The second kappa shape index (κ2) is 11.7. The van der Waals surface area contributed by atoms with Crippen LogP contribution in [0.3, 0.4) is 0 Å². The molecule has 7 nitrogen and oxygen atoms in total. The van der Waals surface area contributed by atoms with Gasteiger partial charge >= 0.3 is 5.97 Å². The highest BCUT2D eigenvalue weighted by atomic mass is 16.5. The fraction of sp³-hybridized carbons (Fsp3) is 0.385. The van der Waals surface area contributed by atoms with Crippen molar-refractivity contribution in [2.24, 2.45) is 0 Å². The van der Waals surface area contributed by atoms with E-state index in [0.717, 1.165) is 11.1 Å². The van der Waals surface area contributed by atoms with Gasteiger partial charge in [0, 0.05) is 26.2 Å². The third-order valence-electron chi connectivity index (χ3n) is 5.89. The van der Waals surface area contributed by atoms with Crippen LogP contribution < -0.4 is 0 Å². The minimum absolute atomic E-state index is 0.136. The number of rotatable bonds is 12. The summed E-state index contributed by atoms with van der Waals surface area (Å²) in [6.07, 6.45) is 2.96. The Morgan fingerprint density at radius 3 is 2.30 bits per heavy atom. The highest BCUT2D eigenvalue weighted by Crippen LogP contribution is 2.42. The van der Waals surface area contributed by atoms with Crippen LogP contribution in [0.5, 0.6) is 0 Å². The van der Waals surface area contributed by atoms with Gasteiger partial charge in [0.15, 0.2) is 5.72 Å². The van der Waals surface area contributed by atoms with Gasteiger partial charge in [0.1, 0.15) is 0 Å². The quantitative estimate of drug-likeness (QED) is 0.392. The predicted octanol–water partition coefficient (Wildman–Crippen LogP) is 3.39. The molecule has 2 aromatic carbocycles. The first-order valence-corrected chi connectivity index (χ1v) is 11.0. The lowest BCUT2D eigenvalue weighted by molar-refractivity contribution is -0.166. The van der Waals surface area contributed by atoms with E-state index in [1.54, 1.807) is 0 Å². The standard InChI is InChI=1S/C26H31NO6/c1-31-25(30)22-17-24(29)27(23(18-28)21-13-7-4-8-14-21)26(22,32-2)15-9-10-16-33-19-20-11-5-3-6-12-20/h3-8,11-14,17,23,28H,9-10,15-16,18-19H2,1-2H3/t23-,26?/m0/s1. The van der Waals surface area contributed by atoms with Gasteiger partial charge in [-0.2, -0.15) is 0 Å². The molecule has 176 valence electrons. The Bertz CT molecular complexity index is 946. The van der Waals surface area contributed by atoms with Gasteiger partial charge in [-0.05, 0) is 24.0 Å². The second-order valence-electron chi connectivity index (χ2n) is 7.85. The lowest BCUT2D eigenvalue weighted by Crippen LogP contribution is -2.53. The van der Waals surface area contributed by atoms with Crippen molar-refractivity contribution in [1.82, 2.24) is 4.90 Å². The van der Waals surface area contributed by atoms with Gasteiger partial charge in [0.25, 0.3) is 0 Å². The molecular weight excluding hydrogens is 422 g/mol. The summed E-state index contributed by atoms with van der Waals surface area (Å²) in [6, 6.07) is 18.5. The number of esters is 1. The van der Waals surface area contributed by atoms with Crippen molar-refractivity contribution in [3.05, 3.63) is 83.4 Å². The first-order chi connectivity index (χ1) is 16.1. The number of amides is 1. The Kier molecular flexibility index (Phi) is 8.77. The highest BCUT2D eigenvalue weighted by Gasteiger charge is 2.53. The molecule has 1 unspecified atom stereocenters. The summed E-state index contributed by atoms with van der Waals surface area (Å²) >= 11 is 0. The number of methoxy groups -OCH3 is 2. The number of benzene rings is 2.